The highest BCUT2D eigenvalue weighted by Gasteiger charge is 2.36. The lowest BCUT2D eigenvalue weighted by Crippen LogP contribution is -2.32. The number of carbonyl (C=O) groups is 1. The Bertz CT molecular complexity index is 707. The fraction of sp³-hybridized carbons (Fsp3) is 0.533. The molecule has 22 heavy (non-hydrogen) atoms. The third-order valence-corrected chi connectivity index (χ3v) is 6.43. The van der Waals surface area contributed by atoms with Crippen molar-refractivity contribution in [1.29, 1.82) is 0 Å². The summed E-state index contributed by atoms with van der Waals surface area (Å²) in [5, 5.41) is 0. The van der Waals surface area contributed by atoms with Crippen LogP contribution >= 0.6 is 0 Å². The molecule has 1 aromatic rings. The summed E-state index contributed by atoms with van der Waals surface area (Å²) in [6, 6.07) is 4.90. The molecule has 2 aliphatic rings. The largest absolute Gasteiger partial charge is 0.326 e. The van der Waals surface area contributed by atoms with Crippen LogP contribution < -0.4 is 10.6 Å². The summed E-state index contributed by atoms with van der Waals surface area (Å²) in [4.78, 5) is 13.5. The Hall–Kier alpha value is -1.44. The molecule has 0 aliphatic carbocycles. The zero-order valence-electron chi connectivity index (χ0n) is 12.8. The van der Waals surface area contributed by atoms with Gasteiger partial charge in [0, 0.05) is 38.3 Å². The maximum absolute atomic E-state index is 12.7. The zero-order valence-corrected chi connectivity index (χ0v) is 13.6. The standard InChI is InChI=1S/C15H21N3O3S/c1-10-8-17(9-14(10)16)22(20,21)13-3-4-15-12(7-13)5-6-18(15)11(2)19/h3-4,7,10,14H,5-6,8-9,16H2,1-2H3. The van der Waals surface area contributed by atoms with E-state index in [1.165, 1.54) is 11.2 Å². The lowest BCUT2D eigenvalue weighted by Gasteiger charge is -2.18. The van der Waals surface area contributed by atoms with E-state index in [0.717, 1.165) is 11.3 Å². The number of amides is 1. The Balaban J connectivity index is 1.92. The van der Waals surface area contributed by atoms with E-state index in [9.17, 15) is 13.2 Å². The van der Waals surface area contributed by atoms with Crippen molar-refractivity contribution in [3.8, 4) is 0 Å². The van der Waals surface area contributed by atoms with Gasteiger partial charge < -0.3 is 10.6 Å². The van der Waals surface area contributed by atoms with Crippen LogP contribution in [0, 0.1) is 5.92 Å². The lowest BCUT2D eigenvalue weighted by molar-refractivity contribution is -0.116. The van der Waals surface area contributed by atoms with Gasteiger partial charge in [-0.3, -0.25) is 4.79 Å². The Labute approximate surface area is 130 Å². The number of anilines is 1. The topological polar surface area (TPSA) is 83.7 Å². The van der Waals surface area contributed by atoms with Gasteiger partial charge in [0.2, 0.25) is 15.9 Å². The van der Waals surface area contributed by atoms with Crippen LogP contribution in [0.25, 0.3) is 0 Å². The number of nitrogens with two attached hydrogens (primary N) is 1. The van der Waals surface area contributed by atoms with E-state index in [0.29, 0.717) is 26.1 Å². The van der Waals surface area contributed by atoms with Crippen LogP contribution in [0.2, 0.25) is 0 Å². The molecule has 1 aromatic carbocycles. The second-order valence-electron chi connectivity index (χ2n) is 6.17. The summed E-state index contributed by atoms with van der Waals surface area (Å²) in [5.41, 5.74) is 7.66. The third-order valence-electron chi connectivity index (χ3n) is 4.60. The van der Waals surface area contributed by atoms with E-state index in [2.05, 4.69) is 0 Å². The van der Waals surface area contributed by atoms with Gasteiger partial charge in [-0.05, 0) is 36.1 Å². The first-order valence-electron chi connectivity index (χ1n) is 7.47. The number of hydrogen-bond acceptors (Lipinski definition) is 4. The molecule has 0 aromatic heterocycles. The number of benzene rings is 1. The van der Waals surface area contributed by atoms with Gasteiger partial charge in [0.25, 0.3) is 0 Å². The molecule has 1 fully saturated rings. The van der Waals surface area contributed by atoms with Gasteiger partial charge in [-0.2, -0.15) is 4.31 Å². The number of sulfonamides is 1. The summed E-state index contributed by atoms with van der Waals surface area (Å²) in [5.74, 6) is 0.145. The van der Waals surface area contributed by atoms with Crippen LogP contribution in [0.4, 0.5) is 5.69 Å². The van der Waals surface area contributed by atoms with Crippen LogP contribution in [-0.4, -0.2) is 44.3 Å². The van der Waals surface area contributed by atoms with E-state index in [-0.39, 0.29) is 22.8 Å². The summed E-state index contributed by atoms with van der Waals surface area (Å²) in [6.45, 7) is 4.92. The van der Waals surface area contributed by atoms with Gasteiger partial charge in [-0.1, -0.05) is 6.92 Å². The van der Waals surface area contributed by atoms with Crippen molar-refractivity contribution in [2.24, 2.45) is 11.7 Å². The second kappa shape index (κ2) is 5.33. The average molecular weight is 323 g/mol. The van der Waals surface area contributed by atoms with Gasteiger partial charge in [0.15, 0.2) is 0 Å². The predicted octanol–water partition coefficient (Wildman–Crippen LogP) is 0.563. The molecule has 120 valence electrons. The highest BCUT2D eigenvalue weighted by atomic mass is 32.2. The fourth-order valence-corrected chi connectivity index (χ4v) is 4.79. The number of rotatable bonds is 2. The van der Waals surface area contributed by atoms with Crippen molar-refractivity contribution in [1.82, 2.24) is 4.31 Å². The van der Waals surface area contributed by atoms with Gasteiger partial charge in [0.1, 0.15) is 0 Å². The first-order chi connectivity index (χ1) is 10.3. The number of nitrogens with zero attached hydrogens (tertiary/aromatic N) is 2. The number of hydrogen-bond donors (Lipinski definition) is 1. The lowest BCUT2D eigenvalue weighted by atomic mass is 10.1. The number of carbonyl (C=O) groups excluding carboxylic acids is 1. The first-order valence-corrected chi connectivity index (χ1v) is 8.91. The van der Waals surface area contributed by atoms with Crippen LogP contribution in [0.5, 0.6) is 0 Å². The SMILES string of the molecule is CC(=O)N1CCc2cc(S(=O)(=O)N3CC(C)C(N)C3)ccc21. The molecule has 1 amide bonds. The van der Waals surface area contributed by atoms with Crippen molar-refractivity contribution < 1.29 is 13.2 Å². The van der Waals surface area contributed by atoms with E-state index in [4.69, 9.17) is 5.73 Å². The normalized spacial score (nSPS) is 25.5. The molecule has 0 spiro atoms. The van der Waals surface area contributed by atoms with Gasteiger partial charge in [0.05, 0.1) is 4.90 Å². The first kappa shape index (κ1) is 15.5. The second-order valence-corrected chi connectivity index (χ2v) is 8.11. The maximum Gasteiger partial charge on any atom is 0.243 e. The molecule has 0 radical (unpaired) electrons. The maximum atomic E-state index is 12.7. The molecule has 2 unspecified atom stereocenters. The zero-order chi connectivity index (χ0) is 16.1. The van der Waals surface area contributed by atoms with Crippen LogP contribution in [-0.2, 0) is 21.2 Å². The summed E-state index contributed by atoms with van der Waals surface area (Å²) < 4.78 is 26.9. The predicted molar refractivity (Wildman–Crippen MR) is 84.1 cm³/mol. The molecular weight excluding hydrogens is 302 g/mol. The Kier molecular flexibility index (Phi) is 3.74. The summed E-state index contributed by atoms with van der Waals surface area (Å²) in [6.07, 6.45) is 0.689. The van der Waals surface area contributed by atoms with Crippen molar-refractivity contribution in [2.45, 2.75) is 31.2 Å². The molecule has 2 heterocycles. The van der Waals surface area contributed by atoms with Crippen LogP contribution in [0.1, 0.15) is 19.4 Å². The molecule has 3 rings (SSSR count). The molecule has 6 nitrogen and oxygen atoms in total. The molecule has 0 bridgehead atoms. The minimum atomic E-state index is -3.51. The van der Waals surface area contributed by atoms with Gasteiger partial charge in [-0.15, -0.1) is 0 Å². The molecule has 2 N–H and O–H groups in total. The fourth-order valence-electron chi connectivity index (χ4n) is 3.16. The van der Waals surface area contributed by atoms with Crippen molar-refractivity contribution in [2.75, 3.05) is 24.5 Å². The smallest absolute Gasteiger partial charge is 0.243 e. The van der Waals surface area contributed by atoms with Crippen molar-refractivity contribution in [3.63, 3.8) is 0 Å². The highest BCUT2D eigenvalue weighted by Crippen LogP contribution is 2.32. The van der Waals surface area contributed by atoms with E-state index >= 15 is 0 Å². The Morgan fingerprint density at radius 3 is 2.64 bits per heavy atom. The summed E-state index contributed by atoms with van der Waals surface area (Å²) in [7, 11) is -3.51. The molecule has 2 aliphatic heterocycles. The van der Waals surface area contributed by atoms with Gasteiger partial charge >= 0.3 is 0 Å². The van der Waals surface area contributed by atoms with Crippen molar-refractivity contribution >= 4 is 21.6 Å². The molecule has 1 saturated heterocycles. The highest BCUT2D eigenvalue weighted by molar-refractivity contribution is 7.89. The monoisotopic (exact) mass is 323 g/mol. The molecule has 0 saturated carbocycles. The van der Waals surface area contributed by atoms with Crippen LogP contribution in [0.15, 0.2) is 23.1 Å². The summed E-state index contributed by atoms with van der Waals surface area (Å²) >= 11 is 0. The Morgan fingerprint density at radius 2 is 2.05 bits per heavy atom. The van der Waals surface area contributed by atoms with Crippen molar-refractivity contribution in [3.05, 3.63) is 23.8 Å². The number of fused-ring (bicyclic) bond motifs is 1. The molecule has 2 atom stereocenters. The van der Waals surface area contributed by atoms with Crippen LogP contribution in [0.3, 0.4) is 0 Å². The quantitative estimate of drug-likeness (QED) is 0.862. The minimum Gasteiger partial charge on any atom is -0.326 e. The Morgan fingerprint density at radius 1 is 1.32 bits per heavy atom. The average Bonchev–Trinajstić information content (AvgIpc) is 3.02. The van der Waals surface area contributed by atoms with Gasteiger partial charge in [-0.25, -0.2) is 8.42 Å². The molecular formula is C15H21N3O3S. The third kappa shape index (κ3) is 2.43. The molecule has 7 heteroatoms. The van der Waals surface area contributed by atoms with E-state index in [1.54, 1.807) is 23.1 Å². The minimum absolute atomic E-state index is 0.0197. The van der Waals surface area contributed by atoms with E-state index < -0.39 is 10.0 Å². The van der Waals surface area contributed by atoms with E-state index in [1.807, 2.05) is 6.92 Å².